The first kappa shape index (κ1) is 15.0. The van der Waals surface area contributed by atoms with Crippen LogP contribution in [0.5, 0.6) is 0 Å². The fourth-order valence-electron chi connectivity index (χ4n) is 1.88. The smallest absolute Gasteiger partial charge is 0.244 e. The zero-order valence-electron chi connectivity index (χ0n) is 10.6. The van der Waals surface area contributed by atoms with Crippen LogP contribution in [-0.2, 0) is 19.6 Å². The average molecular weight is 317 g/mol. The molecule has 2 N–H and O–H groups in total. The lowest BCUT2D eigenvalue weighted by molar-refractivity contribution is -0.134. The minimum absolute atomic E-state index is 0.0878. The molecule has 1 aliphatic heterocycles. The molecule has 1 atom stereocenters. The zero-order valence-corrected chi connectivity index (χ0v) is 12.2. The molecule has 1 fully saturated rings. The summed E-state index contributed by atoms with van der Waals surface area (Å²) in [7, 11) is -3.91. The standard InChI is InChI=1S/C12H13ClN2O4S/c1-7-2-4-10(8(13)6-7)20(18,19)15-9-3-5-11(16)14-12(9)17/h2,4,6,9,15H,3,5H2,1H3,(H,14,16,17). The van der Waals surface area contributed by atoms with Crippen LogP contribution in [0.1, 0.15) is 18.4 Å². The Morgan fingerprint density at radius 1 is 1.35 bits per heavy atom. The SMILES string of the molecule is Cc1ccc(S(=O)(=O)NC2CCC(=O)NC2=O)c(Cl)c1. The lowest BCUT2D eigenvalue weighted by Gasteiger charge is -2.22. The monoisotopic (exact) mass is 316 g/mol. The predicted molar refractivity (Wildman–Crippen MR) is 72.7 cm³/mol. The Morgan fingerprint density at radius 2 is 2.05 bits per heavy atom. The molecule has 108 valence electrons. The van der Waals surface area contributed by atoms with Crippen molar-refractivity contribution >= 4 is 33.4 Å². The molecule has 0 bridgehead atoms. The first-order valence-electron chi connectivity index (χ1n) is 5.92. The van der Waals surface area contributed by atoms with Gasteiger partial charge in [-0.05, 0) is 31.0 Å². The summed E-state index contributed by atoms with van der Waals surface area (Å²) >= 11 is 5.92. The summed E-state index contributed by atoms with van der Waals surface area (Å²) in [4.78, 5) is 22.5. The number of piperidine rings is 1. The molecule has 6 nitrogen and oxygen atoms in total. The van der Waals surface area contributed by atoms with Gasteiger partial charge in [0.1, 0.15) is 10.9 Å². The van der Waals surface area contributed by atoms with Gasteiger partial charge in [0.2, 0.25) is 21.8 Å². The first-order valence-corrected chi connectivity index (χ1v) is 7.78. The third kappa shape index (κ3) is 3.17. The van der Waals surface area contributed by atoms with Gasteiger partial charge in [0.05, 0.1) is 5.02 Å². The van der Waals surface area contributed by atoms with E-state index in [1.807, 2.05) is 0 Å². The summed E-state index contributed by atoms with van der Waals surface area (Å²) in [5.74, 6) is -1.05. The molecule has 2 amide bonds. The number of imide groups is 1. The number of nitrogens with one attached hydrogen (secondary N) is 2. The fraction of sp³-hybridized carbons (Fsp3) is 0.333. The van der Waals surface area contributed by atoms with Crippen LogP contribution in [0, 0.1) is 6.92 Å². The van der Waals surface area contributed by atoms with Crippen LogP contribution < -0.4 is 10.0 Å². The van der Waals surface area contributed by atoms with Gasteiger partial charge in [-0.15, -0.1) is 0 Å². The van der Waals surface area contributed by atoms with Gasteiger partial charge in [-0.3, -0.25) is 14.9 Å². The number of benzene rings is 1. The number of rotatable bonds is 3. The van der Waals surface area contributed by atoms with Crippen LogP contribution >= 0.6 is 11.6 Å². The van der Waals surface area contributed by atoms with E-state index >= 15 is 0 Å². The molecule has 1 heterocycles. The summed E-state index contributed by atoms with van der Waals surface area (Å²) in [6, 6.07) is 3.56. The van der Waals surface area contributed by atoms with Crippen LogP contribution in [0.25, 0.3) is 0 Å². The molecule has 8 heteroatoms. The molecule has 0 saturated carbocycles. The van der Waals surface area contributed by atoms with Gasteiger partial charge in [0.25, 0.3) is 0 Å². The number of hydrogen-bond donors (Lipinski definition) is 2. The molecular weight excluding hydrogens is 304 g/mol. The second kappa shape index (κ2) is 5.51. The van der Waals surface area contributed by atoms with E-state index in [1.54, 1.807) is 13.0 Å². The van der Waals surface area contributed by atoms with Crippen molar-refractivity contribution in [3.8, 4) is 0 Å². The van der Waals surface area contributed by atoms with E-state index < -0.39 is 27.9 Å². The maximum Gasteiger partial charge on any atom is 0.244 e. The highest BCUT2D eigenvalue weighted by molar-refractivity contribution is 7.89. The molecule has 0 spiro atoms. The van der Waals surface area contributed by atoms with Crippen LogP contribution in [0.15, 0.2) is 23.1 Å². The van der Waals surface area contributed by atoms with E-state index in [9.17, 15) is 18.0 Å². The largest absolute Gasteiger partial charge is 0.295 e. The van der Waals surface area contributed by atoms with Crippen molar-refractivity contribution in [3.63, 3.8) is 0 Å². The van der Waals surface area contributed by atoms with E-state index in [2.05, 4.69) is 10.0 Å². The maximum absolute atomic E-state index is 12.2. The van der Waals surface area contributed by atoms with Gasteiger partial charge in [-0.2, -0.15) is 4.72 Å². The molecule has 2 rings (SSSR count). The third-order valence-electron chi connectivity index (χ3n) is 2.91. The Morgan fingerprint density at radius 3 is 2.65 bits per heavy atom. The predicted octanol–water partition coefficient (Wildman–Crippen LogP) is 0.732. The second-order valence-corrected chi connectivity index (χ2v) is 6.65. The Kier molecular flexibility index (Phi) is 4.12. The number of carbonyl (C=O) groups excluding carboxylic acids is 2. The average Bonchev–Trinajstić information content (AvgIpc) is 2.32. The van der Waals surface area contributed by atoms with Crippen molar-refractivity contribution in [1.82, 2.24) is 10.0 Å². The normalized spacial score (nSPS) is 19.8. The van der Waals surface area contributed by atoms with Crippen molar-refractivity contribution in [1.29, 1.82) is 0 Å². The molecule has 1 aromatic carbocycles. The number of carbonyl (C=O) groups is 2. The Labute approximate surface area is 121 Å². The maximum atomic E-state index is 12.2. The minimum atomic E-state index is -3.91. The highest BCUT2D eigenvalue weighted by Gasteiger charge is 2.31. The number of halogens is 1. The van der Waals surface area contributed by atoms with Gasteiger partial charge in [-0.25, -0.2) is 8.42 Å². The van der Waals surface area contributed by atoms with Gasteiger partial charge in [0.15, 0.2) is 0 Å². The third-order valence-corrected chi connectivity index (χ3v) is 4.87. The Bertz CT molecular complexity index is 672. The van der Waals surface area contributed by atoms with Crippen molar-refractivity contribution in [2.24, 2.45) is 0 Å². The van der Waals surface area contributed by atoms with Crippen LogP contribution in [0.4, 0.5) is 0 Å². The topological polar surface area (TPSA) is 92.3 Å². The van der Waals surface area contributed by atoms with Gasteiger partial charge in [0, 0.05) is 6.42 Å². The van der Waals surface area contributed by atoms with Crippen molar-refractivity contribution in [2.45, 2.75) is 30.7 Å². The quantitative estimate of drug-likeness (QED) is 0.804. The highest BCUT2D eigenvalue weighted by Crippen LogP contribution is 2.23. The summed E-state index contributed by atoms with van der Waals surface area (Å²) in [6.45, 7) is 1.79. The molecule has 1 unspecified atom stereocenters. The molecule has 0 radical (unpaired) electrons. The van der Waals surface area contributed by atoms with E-state index in [1.165, 1.54) is 12.1 Å². The molecule has 1 saturated heterocycles. The van der Waals surface area contributed by atoms with Gasteiger partial charge >= 0.3 is 0 Å². The summed E-state index contributed by atoms with van der Waals surface area (Å²) in [5.41, 5.74) is 0.829. The number of sulfonamides is 1. The summed E-state index contributed by atoms with van der Waals surface area (Å²) < 4.78 is 26.7. The fourth-order valence-corrected chi connectivity index (χ4v) is 3.71. The van der Waals surface area contributed by atoms with Crippen LogP contribution in [0.2, 0.25) is 5.02 Å². The van der Waals surface area contributed by atoms with Gasteiger partial charge < -0.3 is 0 Å². The lowest BCUT2D eigenvalue weighted by atomic mass is 10.1. The molecule has 1 aromatic rings. The Balaban J connectivity index is 2.23. The van der Waals surface area contributed by atoms with E-state index in [0.717, 1.165) is 5.56 Å². The lowest BCUT2D eigenvalue weighted by Crippen LogP contribution is -2.52. The molecule has 1 aliphatic rings. The highest BCUT2D eigenvalue weighted by atomic mass is 35.5. The van der Waals surface area contributed by atoms with E-state index in [-0.39, 0.29) is 22.8 Å². The van der Waals surface area contributed by atoms with E-state index in [0.29, 0.717) is 0 Å². The molecular formula is C12H13ClN2O4S. The van der Waals surface area contributed by atoms with Crippen molar-refractivity contribution < 1.29 is 18.0 Å². The molecule has 20 heavy (non-hydrogen) atoms. The minimum Gasteiger partial charge on any atom is -0.295 e. The van der Waals surface area contributed by atoms with Crippen LogP contribution in [-0.4, -0.2) is 26.3 Å². The zero-order chi connectivity index (χ0) is 14.9. The molecule has 0 aliphatic carbocycles. The Hall–Kier alpha value is -1.44. The summed E-state index contributed by atoms with van der Waals surface area (Å²) in [6.07, 6.45) is 0.230. The van der Waals surface area contributed by atoms with Gasteiger partial charge in [-0.1, -0.05) is 17.7 Å². The number of amides is 2. The van der Waals surface area contributed by atoms with Crippen molar-refractivity contribution in [3.05, 3.63) is 28.8 Å². The van der Waals surface area contributed by atoms with E-state index in [4.69, 9.17) is 11.6 Å². The van der Waals surface area contributed by atoms with Crippen LogP contribution in [0.3, 0.4) is 0 Å². The number of hydrogen-bond acceptors (Lipinski definition) is 4. The number of aryl methyl sites for hydroxylation is 1. The van der Waals surface area contributed by atoms with Crippen molar-refractivity contribution in [2.75, 3.05) is 0 Å². The second-order valence-electron chi connectivity index (χ2n) is 4.56. The summed E-state index contributed by atoms with van der Waals surface area (Å²) in [5, 5.41) is 2.18. The molecule has 0 aromatic heterocycles. The first-order chi connectivity index (χ1) is 9.29.